The van der Waals surface area contributed by atoms with Crippen LogP contribution in [0.3, 0.4) is 0 Å². The van der Waals surface area contributed by atoms with Crippen molar-refractivity contribution < 1.29 is 18.3 Å². The molecule has 166 valence electrons. The van der Waals surface area contributed by atoms with Crippen LogP contribution in [0.15, 0.2) is 17.3 Å². The fraction of sp³-hybridized carbons (Fsp3) is 0.375. The van der Waals surface area contributed by atoms with Crippen LogP contribution in [0.25, 0.3) is 10.9 Å². The molecule has 0 saturated heterocycles. The van der Waals surface area contributed by atoms with Crippen LogP contribution < -0.4 is 0 Å². The van der Waals surface area contributed by atoms with E-state index in [1.54, 1.807) is 51.6 Å². The number of aliphatic imine (C=N–C) groups is 1. The Hall–Kier alpha value is -3.18. The Morgan fingerprint density at radius 3 is 2.31 bits per heavy atom. The lowest BCUT2D eigenvalue weighted by Gasteiger charge is -2.34. The van der Waals surface area contributed by atoms with E-state index in [0.29, 0.717) is 39.0 Å². The van der Waals surface area contributed by atoms with Crippen molar-refractivity contribution >= 4 is 22.3 Å². The van der Waals surface area contributed by atoms with Crippen molar-refractivity contribution in [1.82, 2.24) is 9.55 Å². The molecule has 1 aromatic carbocycles. The van der Waals surface area contributed by atoms with Gasteiger partial charge >= 0.3 is 6.18 Å². The van der Waals surface area contributed by atoms with Gasteiger partial charge in [0.1, 0.15) is 6.07 Å². The van der Waals surface area contributed by atoms with E-state index in [1.165, 1.54) is 0 Å². The van der Waals surface area contributed by atoms with Gasteiger partial charge in [-0.25, -0.2) is 0 Å². The predicted molar refractivity (Wildman–Crippen MR) is 116 cm³/mol. The monoisotopic (exact) mass is 440 g/mol. The summed E-state index contributed by atoms with van der Waals surface area (Å²) in [6, 6.07) is 3.64. The SMILES string of the molecule is Cc1nc2c(c(C)c1C#N)N=C(C(O)(c1c(C)c(C)c(C)c3c1ccn3C)C(F)(F)F)C2. The summed E-state index contributed by atoms with van der Waals surface area (Å²) in [6.45, 7) is 8.51. The van der Waals surface area contributed by atoms with Gasteiger partial charge in [0.05, 0.1) is 33.9 Å². The lowest BCUT2D eigenvalue weighted by atomic mass is 9.79. The molecular formula is C24H23F3N4O. The molecule has 1 unspecified atom stereocenters. The van der Waals surface area contributed by atoms with Crippen LogP contribution in [0, 0.1) is 45.9 Å². The molecule has 1 aliphatic rings. The van der Waals surface area contributed by atoms with Gasteiger partial charge < -0.3 is 9.67 Å². The predicted octanol–water partition coefficient (Wildman–Crippen LogP) is 5.07. The minimum atomic E-state index is -5.02. The third-order valence-corrected chi connectivity index (χ3v) is 6.75. The van der Waals surface area contributed by atoms with Crippen molar-refractivity contribution in [3.05, 3.63) is 57.0 Å². The fourth-order valence-corrected chi connectivity index (χ4v) is 4.86. The number of aromatic nitrogens is 2. The standard InChI is InChI=1S/C24H23F3N4O/c1-11-12(2)20(16-7-8-31(6)22(16)13(11)3)23(32,24(25,26)27)19-9-18-21(30-19)14(4)17(10-28)15(5)29-18/h7-8,32H,9H2,1-6H3. The van der Waals surface area contributed by atoms with Crippen molar-refractivity contribution in [2.24, 2.45) is 12.0 Å². The van der Waals surface area contributed by atoms with Gasteiger partial charge in [0.15, 0.2) is 0 Å². The third-order valence-electron chi connectivity index (χ3n) is 6.75. The van der Waals surface area contributed by atoms with E-state index in [0.717, 1.165) is 5.56 Å². The zero-order chi connectivity index (χ0) is 23.7. The smallest absolute Gasteiger partial charge is 0.371 e. The van der Waals surface area contributed by atoms with Crippen molar-refractivity contribution in [2.75, 3.05) is 0 Å². The van der Waals surface area contributed by atoms with E-state index >= 15 is 0 Å². The average Bonchev–Trinajstić information content (AvgIpc) is 3.30. The number of nitrogens with zero attached hydrogens (tertiary/aromatic N) is 4. The lowest BCUT2D eigenvalue weighted by molar-refractivity contribution is -0.235. The van der Waals surface area contributed by atoms with Gasteiger partial charge in [-0.15, -0.1) is 0 Å². The first kappa shape index (κ1) is 22.0. The van der Waals surface area contributed by atoms with Crippen LogP contribution >= 0.6 is 0 Å². The zero-order valence-corrected chi connectivity index (χ0v) is 18.7. The molecule has 1 atom stereocenters. The third kappa shape index (κ3) is 2.74. The Kier molecular flexibility index (Phi) is 4.76. The molecule has 32 heavy (non-hydrogen) atoms. The number of aryl methyl sites for hydroxylation is 3. The number of rotatable bonds is 2. The number of nitriles is 1. The number of benzene rings is 1. The Balaban J connectivity index is 2.07. The lowest BCUT2D eigenvalue weighted by Crippen LogP contribution is -2.50. The average molecular weight is 440 g/mol. The highest BCUT2D eigenvalue weighted by atomic mass is 19.4. The molecule has 3 aromatic rings. The molecule has 1 N–H and O–H groups in total. The van der Waals surface area contributed by atoms with E-state index in [2.05, 4.69) is 9.98 Å². The maximum atomic E-state index is 14.7. The Morgan fingerprint density at radius 2 is 1.72 bits per heavy atom. The van der Waals surface area contributed by atoms with Gasteiger partial charge in [0.2, 0.25) is 5.60 Å². The van der Waals surface area contributed by atoms with E-state index in [-0.39, 0.29) is 23.2 Å². The van der Waals surface area contributed by atoms with Crippen LogP contribution in [-0.2, 0) is 19.1 Å². The van der Waals surface area contributed by atoms with Gasteiger partial charge in [0, 0.05) is 30.6 Å². The van der Waals surface area contributed by atoms with E-state index in [4.69, 9.17) is 0 Å². The van der Waals surface area contributed by atoms with Crippen LogP contribution in [0.4, 0.5) is 18.9 Å². The topological polar surface area (TPSA) is 74.2 Å². The summed E-state index contributed by atoms with van der Waals surface area (Å²) < 4.78 is 45.9. The minimum absolute atomic E-state index is 0.204. The summed E-state index contributed by atoms with van der Waals surface area (Å²) in [5.74, 6) is 0. The molecule has 0 saturated carbocycles. The number of hydrogen-bond donors (Lipinski definition) is 1. The first-order chi connectivity index (χ1) is 14.8. The first-order valence-corrected chi connectivity index (χ1v) is 10.2. The Bertz CT molecular complexity index is 1380. The molecule has 2 aromatic heterocycles. The van der Waals surface area contributed by atoms with Crippen molar-refractivity contribution in [1.29, 1.82) is 5.26 Å². The van der Waals surface area contributed by atoms with Crippen molar-refractivity contribution in [3.8, 4) is 6.07 Å². The van der Waals surface area contributed by atoms with Gasteiger partial charge in [-0.3, -0.25) is 9.98 Å². The summed E-state index contributed by atoms with van der Waals surface area (Å²) in [4.78, 5) is 8.57. The second-order valence-electron chi connectivity index (χ2n) is 8.49. The zero-order valence-electron chi connectivity index (χ0n) is 18.7. The summed E-state index contributed by atoms with van der Waals surface area (Å²) in [6.07, 6.45) is -3.58. The second kappa shape index (κ2) is 6.91. The largest absolute Gasteiger partial charge is 0.427 e. The number of halogens is 3. The van der Waals surface area contributed by atoms with E-state index < -0.39 is 17.5 Å². The second-order valence-corrected chi connectivity index (χ2v) is 8.49. The summed E-state index contributed by atoms with van der Waals surface area (Å²) in [5, 5.41) is 21.3. The molecule has 0 radical (unpaired) electrons. The quantitative estimate of drug-likeness (QED) is 0.605. The van der Waals surface area contributed by atoms with Gasteiger partial charge in [0.25, 0.3) is 0 Å². The fourth-order valence-electron chi connectivity index (χ4n) is 4.86. The number of aliphatic hydroxyl groups is 1. The van der Waals surface area contributed by atoms with Crippen LogP contribution in [0.5, 0.6) is 0 Å². The molecule has 0 spiro atoms. The molecule has 0 bridgehead atoms. The van der Waals surface area contributed by atoms with Crippen LogP contribution in [0.2, 0.25) is 0 Å². The first-order valence-electron chi connectivity index (χ1n) is 10.2. The number of pyridine rings is 1. The molecule has 5 nitrogen and oxygen atoms in total. The normalized spacial score (nSPS) is 15.5. The molecular weight excluding hydrogens is 417 g/mol. The summed E-state index contributed by atoms with van der Waals surface area (Å²) >= 11 is 0. The number of fused-ring (bicyclic) bond motifs is 2. The molecule has 8 heteroatoms. The number of alkyl halides is 3. The Morgan fingerprint density at radius 1 is 1.06 bits per heavy atom. The molecule has 0 fully saturated rings. The molecule has 4 rings (SSSR count). The van der Waals surface area contributed by atoms with Crippen molar-refractivity contribution in [2.45, 2.75) is 52.8 Å². The van der Waals surface area contributed by atoms with E-state index in [9.17, 15) is 23.5 Å². The highest BCUT2D eigenvalue weighted by Gasteiger charge is 2.61. The van der Waals surface area contributed by atoms with Crippen LogP contribution in [-0.4, -0.2) is 26.5 Å². The Labute approximate surface area is 183 Å². The van der Waals surface area contributed by atoms with Gasteiger partial charge in [-0.1, -0.05) is 0 Å². The molecule has 0 amide bonds. The van der Waals surface area contributed by atoms with Gasteiger partial charge in [-0.2, -0.15) is 18.4 Å². The molecule has 3 heterocycles. The number of hydrogen-bond acceptors (Lipinski definition) is 4. The highest BCUT2D eigenvalue weighted by Crippen LogP contribution is 2.49. The van der Waals surface area contributed by atoms with Crippen LogP contribution in [0.1, 0.15) is 44.8 Å². The maximum Gasteiger partial charge on any atom is 0.427 e. The van der Waals surface area contributed by atoms with Gasteiger partial charge in [-0.05, 0) is 62.9 Å². The van der Waals surface area contributed by atoms with Crippen molar-refractivity contribution in [3.63, 3.8) is 0 Å². The minimum Gasteiger partial charge on any atom is -0.371 e. The van der Waals surface area contributed by atoms with E-state index in [1.807, 2.05) is 13.0 Å². The summed E-state index contributed by atoms with van der Waals surface area (Å²) in [7, 11) is 1.77. The molecule has 1 aliphatic heterocycles. The molecule has 0 aliphatic carbocycles. The maximum absolute atomic E-state index is 14.7. The highest BCUT2D eigenvalue weighted by molar-refractivity contribution is 6.05. The summed E-state index contributed by atoms with van der Waals surface area (Å²) in [5.41, 5.74) is 0.383.